The number of nitrogens with zero attached hydrogens (tertiary/aromatic N) is 3. The lowest BCUT2D eigenvalue weighted by Crippen LogP contribution is -2.35. The minimum atomic E-state index is -4.64. The van der Waals surface area contributed by atoms with Crippen LogP contribution in [0.1, 0.15) is 35.9 Å². The van der Waals surface area contributed by atoms with Crippen molar-refractivity contribution in [3.05, 3.63) is 70.0 Å². The molecule has 11 heteroatoms. The molecule has 0 unspecified atom stereocenters. The van der Waals surface area contributed by atoms with Crippen LogP contribution in [-0.4, -0.2) is 34.2 Å². The number of nitrogens with one attached hydrogen (secondary N) is 1. The molecule has 0 radical (unpaired) electrons. The van der Waals surface area contributed by atoms with E-state index in [1.165, 1.54) is 12.1 Å². The number of hydrogen-bond donors (Lipinski definition) is 2. The van der Waals surface area contributed by atoms with Gasteiger partial charge >= 0.3 is 6.18 Å². The van der Waals surface area contributed by atoms with Gasteiger partial charge in [-0.15, -0.1) is 0 Å². The molecule has 1 saturated heterocycles. The number of nitrogens with two attached hydrogens (primary N) is 1. The van der Waals surface area contributed by atoms with E-state index in [0.717, 1.165) is 22.5 Å². The zero-order chi connectivity index (χ0) is 24.3. The Hall–Kier alpha value is -3.34. The lowest BCUT2D eigenvalue weighted by atomic mass is 10.1. The predicted octanol–water partition coefficient (Wildman–Crippen LogP) is 5.64. The Balaban J connectivity index is 1.52. The molecule has 1 aliphatic heterocycles. The van der Waals surface area contributed by atoms with Crippen LogP contribution in [-0.2, 0) is 6.18 Å². The fourth-order valence-electron chi connectivity index (χ4n) is 3.75. The van der Waals surface area contributed by atoms with E-state index in [9.17, 15) is 13.2 Å². The van der Waals surface area contributed by atoms with Crippen LogP contribution in [0.2, 0.25) is 0 Å². The number of hydrogen-bond acceptors (Lipinski definition) is 5. The van der Waals surface area contributed by atoms with Gasteiger partial charge in [0.15, 0.2) is 5.96 Å². The van der Waals surface area contributed by atoms with Crippen molar-refractivity contribution in [2.45, 2.75) is 25.1 Å². The minimum absolute atomic E-state index is 0.0250. The van der Waals surface area contributed by atoms with Crippen molar-refractivity contribution < 1.29 is 22.4 Å². The Labute approximate surface area is 202 Å². The second kappa shape index (κ2) is 9.88. The zero-order valence-corrected chi connectivity index (χ0v) is 19.4. The molecule has 2 heterocycles. The molecule has 1 aromatic heterocycles. The zero-order valence-electron chi connectivity index (χ0n) is 17.8. The maximum absolute atomic E-state index is 13.7. The van der Waals surface area contributed by atoms with Crippen molar-refractivity contribution in [3.8, 4) is 17.1 Å². The normalized spacial score (nSPS) is 16.4. The quantitative estimate of drug-likeness (QED) is 0.313. The first-order valence-electron chi connectivity index (χ1n) is 10.4. The van der Waals surface area contributed by atoms with Crippen LogP contribution in [0.15, 0.2) is 57.5 Å². The molecule has 3 N–H and O–H groups in total. The monoisotopic (exact) mass is 535 g/mol. The Bertz CT molecular complexity index is 1210. The standard InChI is InChI=1S/C23H21BrF3N5O2/c24-16-6-1-4-14(12-16)5-3-11-33-19-9-8-15(13-17(19)23(25,26)27)20-30-21(34-31-20)18-7-2-10-32(18)22(28)29/h1,3-6,8-9,12-13,18H,2,7,10-11H2,(H3,28,29)/t18-/m0/s1. The van der Waals surface area contributed by atoms with Gasteiger partial charge in [0.1, 0.15) is 18.4 Å². The summed E-state index contributed by atoms with van der Waals surface area (Å²) < 4.78 is 52.8. The maximum Gasteiger partial charge on any atom is 0.419 e. The first kappa shape index (κ1) is 23.8. The van der Waals surface area contributed by atoms with Crippen LogP contribution in [0.5, 0.6) is 5.75 Å². The second-order valence-corrected chi connectivity index (χ2v) is 8.59. The van der Waals surface area contributed by atoms with Gasteiger partial charge in [-0.05, 0) is 54.8 Å². The molecule has 178 valence electrons. The summed E-state index contributed by atoms with van der Waals surface area (Å²) in [6.45, 7) is 0.543. The van der Waals surface area contributed by atoms with Crippen molar-refractivity contribution >= 4 is 28.0 Å². The third-order valence-corrected chi connectivity index (χ3v) is 5.82. The number of guanidine groups is 1. The molecule has 7 nitrogen and oxygen atoms in total. The van der Waals surface area contributed by atoms with E-state index in [1.54, 1.807) is 17.1 Å². The predicted molar refractivity (Wildman–Crippen MR) is 124 cm³/mol. The number of alkyl halides is 3. The summed E-state index contributed by atoms with van der Waals surface area (Å²) >= 11 is 3.37. The van der Waals surface area contributed by atoms with Crippen molar-refractivity contribution in [2.24, 2.45) is 5.73 Å². The third kappa shape index (κ3) is 5.41. The lowest BCUT2D eigenvalue weighted by Gasteiger charge is -2.21. The molecule has 0 aliphatic carbocycles. The average Bonchev–Trinajstić information content (AvgIpc) is 3.46. The van der Waals surface area contributed by atoms with Crippen LogP contribution < -0.4 is 10.5 Å². The molecular formula is C23H21BrF3N5O2. The summed E-state index contributed by atoms with van der Waals surface area (Å²) in [4.78, 5) is 5.89. The molecule has 1 aliphatic rings. The molecule has 34 heavy (non-hydrogen) atoms. The van der Waals surface area contributed by atoms with Crippen LogP contribution >= 0.6 is 15.9 Å². The molecule has 2 aromatic carbocycles. The van der Waals surface area contributed by atoms with Crippen LogP contribution in [0.3, 0.4) is 0 Å². The van der Waals surface area contributed by atoms with Crippen molar-refractivity contribution in [2.75, 3.05) is 13.2 Å². The van der Waals surface area contributed by atoms with Crippen molar-refractivity contribution in [1.82, 2.24) is 15.0 Å². The van der Waals surface area contributed by atoms with Gasteiger partial charge in [-0.3, -0.25) is 5.41 Å². The van der Waals surface area contributed by atoms with E-state index in [0.29, 0.717) is 13.0 Å². The Morgan fingerprint density at radius 1 is 1.29 bits per heavy atom. The Morgan fingerprint density at radius 3 is 2.85 bits per heavy atom. The first-order valence-corrected chi connectivity index (χ1v) is 11.2. The number of halogens is 4. The van der Waals surface area contributed by atoms with E-state index in [1.807, 2.05) is 24.3 Å². The topological polar surface area (TPSA) is 101 Å². The molecule has 1 fully saturated rings. The molecule has 3 aromatic rings. The molecule has 0 bridgehead atoms. The molecule has 4 rings (SSSR count). The maximum atomic E-state index is 13.7. The SMILES string of the molecule is N=C(N)N1CCC[C@H]1c1nc(-c2ccc(OCC=Cc3cccc(Br)c3)c(C(F)(F)F)c2)no1. The summed E-state index contributed by atoms with van der Waals surface area (Å²) in [5.74, 6) is -0.166. The number of aromatic nitrogens is 2. The van der Waals surface area contributed by atoms with E-state index in [-0.39, 0.29) is 41.6 Å². The highest BCUT2D eigenvalue weighted by molar-refractivity contribution is 9.10. The van der Waals surface area contributed by atoms with Crippen LogP contribution in [0.25, 0.3) is 17.5 Å². The van der Waals surface area contributed by atoms with E-state index < -0.39 is 11.7 Å². The van der Waals surface area contributed by atoms with Gasteiger partial charge in [0, 0.05) is 16.6 Å². The minimum Gasteiger partial charge on any atom is -0.489 e. The largest absolute Gasteiger partial charge is 0.489 e. The van der Waals surface area contributed by atoms with Gasteiger partial charge < -0.3 is 19.9 Å². The number of rotatable bonds is 6. The number of benzene rings is 2. The summed E-state index contributed by atoms with van der Waals surface area (Å²) in [6.07, 6.45) is 0.227. The first-order chi connectivity index (χ1) is 16.2. The van der Waals surface area contributed by atoms with Crippen LogP contribution in [0.4, 0.5) is 13.2 Å². The molecule has 0 amide bonds. The molecular weight excluding hydrogens is 515 g/mol. The molecule has 0 spiro atoms. The van der Waals surface area contributed by atoms with E-state index in [2.05, 4.69) is 26.1 Å². The summed E-state index contributed by atoms with van der Waals surface area (Å²) in [5, 5.41) is 11.5. The van der Waals surface area contributed by atoms with Gasteiger partial charge in [0.05, 0.1) is 5.56 Å². The lowest BCUT2D eigenvalue weighted by molar-refractivity contribution is -0.138. The summed E-state index contributed by atoms with van der Waals surface area (Å²) in [7, 11) is 0. The van der Waals surface area contributed by atoms with Gasteiger partial charge in [0.25, 0.3) is 0 Å². The van der Waals surface area contributed by atoms with Crippen molar-refractivity contribution in [1.29, 1.82) is 5.41 Å². The molecule has 0 saturated carbocycles. The van der Waals surface area contributed by atoms with Crippen LogP contribution in [0, 0.1) is 5.41 Å². The highest BCUT2D eigenvalue weighted by atomic mass is 79.9. The second-order valence-electron chi connectivity index (χ2n) is 7.67. The Kier molecular flexibility index (Phi) is 6.92. The highest BCUT2D eigenvalue weighted by Gasteiger charge is 2.36. The number of ether oxygens (including phenoxy) is 1. The Morgan fingerprint density at radius 2 is 2.12 bits per heavy atom. The highest BCUT2D eigenvalue weighted by Crippen LogP contribution is 2.39. The van der Waals surface area contributed by atoms with Gasteiger partial charge in [0.2, 0.25) is 11.7 Å². The average molecular weight is 536 g/mol. The third-order valence-electron chi connectivity index (χ3n) is 5.33. The fourth-order valence-corrected chi connectivity index (χ4v) is 4.17. The van der Waals surface area contributed by atoms with Gasteiger partial charge in [-0.1, -0.05) is 39.3 Å². The summed E-state index contributed by atoms with van der Waals surface area (Å²) in [5.41, 5.74) is 5.70. The van der Waals surface area contributed by atoms with E-state index in [4.69, 9.17) is 20.4 Å². The number of likely N-dealkylation sites (tertiary alicyclic amines) is 1. The fraction of sp³-hybridized carbons (Fsp3) is 0.261. The van der Waals surface area contributed by atoms with Crippen molar-refractivity contribution in [3.63, 3.8) is 0 Å². The van der Waals surface area contributed by atoms with Gasteiger partial charge in [-0.2, -0.15) is 18.2 Å². The summed E-state index contributed by atoms with van der Waals surface area (Å²) in [6, 6.07) is 10.8. The van der Waals surface area contributed by atoms with Gasteiger partial charge in [-0.25, -0.2) is 0 Å². The molecule has 1 atom stereocenters. The smallest absolute Gasteiger partial charge is 0.419 e. The van der Waals surface area contributed by atoms with E-state index >= 15 is 0 Å².